The molecule has 1 aliphatic carbocycles. The molecule has 1 aliphatic rings. The molecule has 0 bridgehead atoms. The maximum absolute atomic E-state index is 12.6. The van der Waals surface area contributed by atoms with Crippen LogP contribution < -0.4 is 5.32 Å². The minimum atomic E-state index is -0.323. The molecule has 0 saturated heterocycles. The van der Waals surface area contributed by atoms with Gasteiger partial charge in [0.15, 0.2) is 0 Å². The molecule has 1 N–H and O–H groups in total. The average Bonchev–Trinajstić information content (AvgIpc) is 3.44. The molecule has 3 rings (SSSR count). The highest BCUT2D eigenvalue weighted by Crippen LogP contribution is 2.45. The minimum Gasteiger partial charge on any atom is -0.310 e. The molecule has 0 unspecified atom stereocenters. The Bertz CT molecular complexity index is 766. The third-order valence-corrected chi connectivity index (χ3v) is 5.38. The van der Waals surface area contributed by atoms with Crippen LogP contribution in [0, 0.1) is 18.3 Å². The van der Waals surface area contributed by atoms with Gasteiger partial charge in [0, 0.05) is 24.7 Å². The van der Waals surface area contributed by atoms with Crippen molar-refractivity contribution in [2.75, 3.05) is 12.4 Å². The Hall–Kier alpha value is -2.20. The van der Waals surface area contributed by atoms with Crippen LogP contribution in [0.3, 0.4) is 0 Å². The molecule has 1 aromatic heterocycles. The summed E-state index contributed by atoms with van der Waals surface area (Å²) in [6.45, 7) is 7.83. The lowest BCUT2D eigenvalue weighted by molar-refractivity contribution is -0.124. The van der Waals surface area contributed by atoms with Crippen LogP contribution in [-0.4, -0.2) is 22.8 Å². The maximum Gasteiger partial charge on any atom is 0.231 e. The van der Waals surface area contributed by atoms with Crippen LogP contribution in [0.1, 0.15) is 43.4 Å². The number of anilines is 1. The number of nitrogens with one attached hydrogen (secondary N) is 1. The predicted octanol–water partition coefficient (Wildman–Crippen LogP) is 4.40. The van der Waals surface area contributed by atoms with Crippen molar-refractivity contribution in [3.05, 3.63) is 59.3 Å². The number of hydrogen-bond acceptors (Lipinski definition) is 3. The first-order chi connectivity index (χ1) is 12.4. The van der Waals surface area contributed by atoms with Gasteiger partial charge in [-0.2, -0.15) is 0 Å². The van der Waals surface area contributed by atoms with Crippen LogP contribution >= 0.6 is 0 Å². The number of amides is 1. The molecule has 4 heteroatoms. The summed E-state index contributed by atoms with van der Waals surface area (Å²) in [5.74, 6) is 1.22. The van der Waals surface area contributed by atoms with Crippen molar-refractivity contribution in [3.8, 4) is 0 Å². The maximum atomic E-state index is 12.6. The standard InChI is InChI=1S/C22H29N3O/c1-16-13-23-20(24-21(26)22(2,3)19-10-11-19)12-18(16)15-25(4)14-17-8-6-5-7-9-17/h5-9,12-13,19H,10-11,14-15H2,1-4H3,(H,23,24,26). The third kappa shape index (κ3) is 4.50. The number of carbonyl (C=O) groups is 1. The fraction of sp³-hybridized carbons (Fsp3) is 0.455. The molecular formula is C22H29N3O. The molecule has 2 aromatic rings. The number of carbonyl (C=O) groups excluding carboxylic acids is 1. The van der Waals surface area contributed by atoms with Crippen LogP contribution in [0.25, 0.3) is 0 Å². The summed E-state index contributed by atoms with van der Waals surface area (Å²) in [6.07, 6.45) is 4.15. The number of aromatic nitrogens is 1. The molecule has 1 saturated carbocycles. The van der Waals surface area contributed by atoms with Crippen molar-refractivity contribution in [1.29, 1.82) is 0 Å². The van der Waals surface area contributed by atoms with Gasteiger partial charge in [0.25, 0.3) is 0 Å². The summed E-state index contributed by atoms with van der Waals surface area (Å²) in [5, 5.41) is 3.03. The summed E-state index contributed by atoms with van der Waals surface area (Å²) in [7, 11) is 2.11. The quantitative estimate of drug-likeness (QED) is 0.804. The molecular weight excluding hydrogens is 322 g/mol. The monoisotopic (exact) mass is 351 g/mol. The lowest BCUT2D eigenvalue weighted by atomic mass is 9.86. The van der Waals surface area contributed by atoms with E-state index < -0.39 is 0 Å². The summed E-state index contributed by atoms with van der Waals surface area (Å²) >= 11 is 0. The predicted molar refractivity (Wildman–Crippen MR) is 106 cm³/mol. The summed E-state index contributed by atoms with van der Waals surface area (Å²) in [5.41, 5.74) is 3.31. The number of benzene rings is 1. The average molecular weight is 351 g/mol. The summed E-state index contributed by atoms with van der Waals surface area (Å²) in [6, 6.07) is 12.5. The molecule has 1 fully saturated rings. The zero-order valence-electron chi connectivity index (χ0n) is 16.2. The Morgan fingerprint density at radius 2 is 1.92 bits per heavy atom. The van der Waals surface area contributed by atoms with E-state index in [0.717, 1.165) is 31.5 Å². The highest BCUT2D eigenvalue weighted by Gasteiger charge is 2.43. The first-order valence-electron chi connectivity index (χ1n) is 9.35. The van der Waals surface area contributed by atoms with Gasteiger partial charge in [0.1, 0.15) is 5.82 Å². The SMILES string of the molecule is Cc1cnc(NC(=O)C(C)(C)C2CC2)cc1CN(C)Cc1ccccc1. The topological polar surface area (TPSA) is 45.2 Å². The zero-order valence-corrected chi connectivity index (χ0v) is 16.2. The van der Waals surface area contributed by atoms with E-state index in [-0.39, 0.29) is 11.3 Å². The van der Waals surface area contributed by atoms with Crippen molar-refractivity contribution >= 4 is 11.7 Å². The highest BCUT2D eigenvalue weighted by molar-refractivity contribution is 5.94. The van der Waals surface area contributed by atoms with Gasteiger partial charge in [-0.3, -0.25) is 9.69 Å². The fourth-order valence-electron chi connectivity index (χ4n) is 3.31. The molecule has 26 heavy (non-hydrogen) atoms. The second kappa shape index (κ2) is 7.58. The number of rotatable bonds is 7. The van der Waals surface area contributed by atoms with E-state index in [2.05, 4.69) is 53.4 Å². The molecule has 0 atom stereocenters. The first-order valence-corrected chi connectivity index (χ1v) is 9.35. The normalized spacial score (nSPS) is 14.5. The Morgan fingerprint density at radius 3 is 2.58 bits per heavy atom. The van der Waals surface area contributed by atoms with Crippen LogP contribution in [0.4, 0.5) is 5.82 Å². The smallest absolute Gasteiger partial charge is 0.231 e. The van der Waals surface area contributed by atoms with Gasteiger partial charge in [0.2, 0.25) is 5.91 Å². The van der Waals surface area contributed by atoms with Crippen LogP contribution in [0.15, 0.2) is 42.6 Å². The first kappa shape index (κ1) is 18.6. The number of nitrogens with zero attached hydrogens (tertiary/aromatic N) is 2. The van der Waals surface area contributed by atoms with Gasteiger partial charge < -0.3 is 5.32 Å². The largest absolute Gasteiger partial charge is 0.310 e. The van der Waals surface area contributed by atoms with Gasteiger partial charge in [0.05, 0.1) is 0 Å². The number of aryl methyl sites for hydroxylation is 1. The van der Waals surface area contributed by atoms with E-state index in [1.54, 1.807) is 0 Å². The minimum absolute atomic E-state index is 0.0694. The second-order valence-electron chi connectivity index (χ2n) is 8.10. The van der Waals surface area contributed by atoms with Gasteiger partial charge in [-0.15, -0.1) is 0 Å². The van der Waals surface area contributed by atoms with E-state index in [1.807, 2.05) is 32.2 Å². The zero-order chi connectivity index (χ0) is 18.7. The van der Waals surface area contributed by atoms with Crippen LogP contribution in [0.2, 0.25) is 0 Å². The number of pyridine rings is 1. The van der Waals surface area contributed by atoms with Gasteiger partial charge >= 0.3 is 0 Å². The van der Waals surface area contributed by atoms with Gasteiger partial charge in [-0.05, 0) is 55.5 Å². The van der Waals surface area contributed by atoms with Crippen LogP contribution in [0.5, 0.6) is 0 Å². The van der Waals surface area contributed by atoms with E-state index in [1.165, 1.54) is 11.1 Å². The lowest BCUT2D eigenvalue weighted by Gasteiger charge is -2.23. The molecule has 1 aromatic carbocycles. The van der Waals surface area contributed by atoms with Gasteiger partial charge in [-0.25, -0.2) is 4.98 Å². The molecule has 0 radical (unpaired) electrons. The lowest BCUT2D eigenvalue weighted by Crippen LogP contribution is -2.33. The van der Waals surface area contributed by atoms with E-state index >= 15 is 0 Å². The van der Waals surface area contributed by atoms with E-state index in [9.17, 15) is 4.79 Å². The molecule has 1 heterocycles. The van der Waals surface area contributed by atoms with Crippen molar-refractivity contribution in [3.63, 3.8) is 0 Å². The number of hydrogen-bond donors (Lipinski definition) is 1. The second-order valence-corrected chi connectivity index (χ2v) is 8.10. The third-order valence-electron chi connectivity index (χ3n) is 5.38. The van der Waals surface area contributed by atoms with Crippen molar-refractivity contribution in [2.45, 2.75) is 46.7 Å². The van der Waals surface area contributed by atoms with Gasteiger partial charge in [-0.1, -0.05) is 44.2 Å². The molecule has 4 nitrogen and oxygen atoms in total. The Kier molecular flexibility index (Phi) is 5.42. The van der Waals surface area contributed by atoms with Crippen molar-refractivity contribution < 1.29 is 4.79 Å². The molecule has 138 valence electrons. The Morgan fingerprint density at radius 1 is 1.23 bits per heavy atom. The highest BCUT2D eigenvalue weighted by atomic mass is 16.2. The van der Waals surface area contributed by atoms with Crippen molar-refractivity contribution in [1.82, 2.24) is 9.88 Å². The molecule has 0 spiro atoms. The summed E-state index contributed by atoms with van der Waals surface area (Å²) < 4.78 is 0. The molecule has 0 aliphatic heterocycles. The summed E-state index contributed by atoms with van der Waals surface area (Å²) in [4.78, 5) is 19.3. The van der Waals surface area contributed by atoms with E-state index in [4.69, 9.17) is 0 Å². The molecule has 1 amide bonds. The Balaban J connectivity index is 1.66. The van der Waals surface area contributed by atoms with E-state index in [0.29, 0.717) is 11.7 Å². The Labute approximate surface area is 156 Å². The fourth-order valence-corrected chi connectivity index (χ4v) is 3.31. The van der Waals surface area contributed by atoms with Crippen LogP contribution in [-0.2, 0) is 17.9 Å². The van der Waals surface area contributed by atoms with Crippen molar-refractivity contribution in [2.24, 2.45) is 11.3 Å².